The molecule has 0 bridgehead atoms. The Balaban J connectivity index is 1.50. The summed E-state index contributed by atoms with van der Waals surface area (Å²) in [6.45, 7) is 2.20. The molecule has 10 heteroatoms. The molecular formula is C17H21Cl2N5O3. The molecule has 1 aromatic rings. The van der Waals surface area contributed by atoms with Crippen LogP contribution in [0.1, 0.15) is 32.6 Å². The number of halogens is 2. The standard InChI is InChI=1S/C17H21Cl2N5O3/c1-10(24-15(26)17(23-16(24)27)4-2-3-5-17)14(25)21-7-6-20-13-12(19)8-11(18)9-22-13/h8-10H,2-7H2,1H3,(H,20,22)(H,21,25)(H,23,27). The Morgan fingerprint density at radius 1 is 1.33 bits per heavy atom. The fourth-order valence-electron chi connectivity index (χ4n) is 3.49. The zero-order valence-corrected chi connectivity index (χ0v) is 16.4. The molecule has 0 radical (unpaired) electrons. The number of hydrogen-bond donors (Lipinski definition) is 3. The van der Waals surface area contributed by atoms with E-state index in [0.29, 0.717) is 35.2 Å². The van der Waals surface area contributed by atoms with Gasteiger partial charge in [-0.05, 0) is 25.8 Å². The van der Waals surface area contributed by atoms with Crippen molar-refractivity contribution in [1.82, 2.24) is 20.5 Å². The Labute approximate surface area is 167 Å². The van der Waals surface area contributed by atoms with Crippen LogP contribution >= 0.6 is 23.2 Å². The molecule has 0 aromatic carbocycles. The molecule has 1 spiro atoms. The van der Waals surface area contributed by atoms with E-state index in [1.165, 1.54) is 6.20 Å². The Hall–Kier alpha value is -2.06. The summed E-state index contributed by atoms with van der Waals surface area (Å²) in [5.41, 5.74) is -0.815. The van der Waals surface area contributed by atoms with Crippen LogP contribution in [0, 0.1) is 0 Å². The number of nitrogens with one attached hydrogen (secondary N) is 3. The molecule has 3 N–H and O–H groups in total. The summed E-state index contributed by atoms with van der Waals surface area (Å²) < 4.78 is 0. The van der Waals surface area contributed by atoms with Crippen LogP contribution in [0.25, 0.3) is 0 Å². The SMILES string of the molecule is CC(C(=O)NCCNc1ncc(Cl)cc1Cl)N1C(=O)NC2(CCCC2)C1=O. The summed E-state index contributed by atoms with van der Waals surface area (Å²) in [6.07, 6.45) is 4.51. The molecule has 3 rings (SSSR count). The smallest absolute Gasteiger partial charge is 0.325 e. The van der Waals surface area contributed by atoms with Gasteiger partial charge in [-0.1, -0.05) is 36.0 Å². The second-order valence-corrected chi connectivity index (χ2v) is 7.62. The van der Waals surface area contributed by atoms with Gasteiger partial charge in [-0.15, -0.1) is 0 Å². The number of carbonyl (C=O) groups excluding carboxylic acids is 3. The van der Waals surface area contributed by atoms with Crippen molar-refractivity contribution in [3.05, 3.63) is 22.3 Å². The Kier molecular flexibility index (Phi) is 5.76. The second-order valence-electron chi connectivity index (χ2n) is 6.77. The van der Waals surface area contributed by atoms with Crippen molar-refractivity contribution < 1.29 is 14.4 Å². The van der Waals surface area contributed by atoms with E-state index in [4.69, 9.17) is 23.2 Å². The van der Waals surface area contributed by atoms with Crippen molar-refractivity contribution in [2.75, 3.05) is 18.4 Å². The molecule has 8 nitrogen and oxygen atoms in total. The van der Waals surface area contributed by atoms with Crippen molar-refractivity contribution in [1.29, 1.82) is 0 Å². The molecule has 1 saturated carbocycles. The normalized spacial score (nSPS) is 19.3. The summed E-state index contributed by atoms with van der Waals surface area (Å²) in [6, 6.07) is 0.185. The number of pyridine rings is 1. The third-order valence-electron chi connectivity index (χ3n) is 4.94. The average molecular weight is 414 g/mol. The summed E-state index contributed by atoms with van der Waals surface area (Å²) in [7, 11) is 0. The first-order chi connectivity index (χ1) is 12.8. The molecule has 1 unspecified atom stereocenters. The summed E-state index contributed by atoms with van der Waals surface area (Å²) >= 11 is 11.8. The number of carbonyl (C=O) groups is 3. The first kappa shape index (κ1) is 19.7. The fourth-order valence-corrected chi connectivity index (χ4v) is 3.93. The summed E-state index contributed by atoms with van der Waals surface area (Å²) in [4.78, 5) is 42.4. The fraction of sp³-hybridized carbons (Fsp3) is 0.529. The van der Waals surface area contributed by atoms with E-state index in [1.807, 2.05) is 0 Å². The minimum Gasteiger partial charge on any atom is -0.367 e. The zero-order valence-electron chi connectivity index (χ0n) is 14.8. The first-order valence-corrected chi connectivity index (χ1v) is 9.58. The number of anilines is 1. The zero-order chi connectivity index (χ0) is 19.6. The van der Waals surface area contributed by atoms with E-state index >= 15 is 0 Å². The van der Waals surface area contributed by atoms with Crippen LogP contribution in [0.4, 0.5) is 10.6 Å². The van der Waals surface area contributed by atoms with Crippen LogP contribution in [0.2, 0.25) is 10.0 Å². The number of amides is 4. The predicted octanol–water partition coefficient (Wildman–Crippen LogP) is 2.17. The van der Waals surface area contributed by atoms with Crippen molar-refractivity contribution in [3.8, 4) is 0 Å². The van der Waals surface area contributed by atoms with Gasteiger partial charge >= 0.3 is 6.03 Å². The molecule has 1 aliphatic heterocycles. The van der Waals surface area contributed by atoms with Crippen LogP contribution in [0.5, 0.6) is 0 Å². The lowest BCUT2D eigenvalue weighted by molar-refractivity contribution is -0.137. The molecule has 2 aliphatic rings. The van der Waals surface area contributed by atoms with E-state index in [9.17, 15) is 14.4 Å². The van der Waals surface area contributed by atoms with Gasteiger partial charge in [-0.2, -0.15) is 0 Å². The number of aromatic nitrogens is 1. The van der Waals surface area contributed by atoms with Crippen LogP contribution in [0.15, 0.2) is 12.3 Å². The molecule has 1 aromatic heterocycles. The van der Waals surface area contributed by atoms with Crippen LogP contribution < -0.4 is 16.0 Å². The van der Waals surface area contributed by atoms with Gasteiger partial charge in [0.1, 0.15) is 17.4 Å². The second kappa shape index (κ2) is 7.90. The molecule has 2 heterocycles. The topological polar surface area (TPSA) is 103 Å². The number of urea groups is 1. The monoisotopic (exact) mass is 413 g/mol. The van der Waals surface area contributed by atoms with E-state index in [2.05, 4.69) is 20.9 Å². The molecular weight excluding hydrogens is 393 g/mol. The van der Waals surface area contributed by atoms with E-state index in [-0.39, 0.29) is 12.5 Å². The van der Waals surface area contributed by atoms with Gasteiger partial charge in [0.05, 0.1) is 10.0 Å². The highest BCUT2D eigenvalue weighted by molar-refractivity contribution is 6.35. The lowest BCUT2D eigenvalue weighted by Crippen LogP contribution is -2.50. The van der Waals surface area contributed by atoms with Crippen LogP contribution in [-0.2, 0) is 9.59 Å². The highest BCUT2D eigenvalue weighted by atomic mass is 35.5. The van der Waals surface area contributed by atoms with Crippen molar-refractivity contribution in [3.63, 3.8) is 0 Å². The van der Waals surface area contributed by atoms with Gasteiger partial charge in [0.25, 0.3) is 5.91 Å². The molecule has 146 valence electrons. The Morgan fingerprint density at radius 2 is 2.04 bits per heavy atom. The maximum atomic E-state index is 12.7. The lowest BCUT2D eigenvalue weighted by Gasteiger charge is -2.23. The highest BCUT2D eigenvalue weighted by Gasteiger charge is 2.54. The number of nitrogens with zero attached hydrogens (tertiary/aromatic N) is 2. The molecule has 1 saturated heterocycles. The van der Waals surface area contributed by atoms with Gasteiger partial charge in [0.15, 0.2) is 0 Å². The van der Waals surface area contributed by atoms with Crippen LogP contribution in [0.3, 0.4) is 0 Å². The van der Waals surface area contributed by atoms with Crippen molar-refractivity contribution in [2.24, 2.45) is 0 Å². The molecule has 27 heavy (non-hydrogen) atoms. The maximum Gasteiger partial charge on any atom is 0.325 e. The quantitative estimate of drug-likeness (QED) is 0.489. The molecule has 1 atom stereocenters. The minimum absolute atomic E-state index is 0.276. The molecule has 2 fully saturated rings. The number of rotatable bonds is 6. The summed E-state index contributed by atoms with van der Waals surface area (Å²) in [5.74, 6) is -0.242. The van der Waals surface area contributed by atoms with Gasteiger partial charge in [0.2, 0.25) is 5.91 Å². The first-order valence-electron chi connectivity index (χ1n) is 8.82. The molecule has 1 aliphatic carbocycles. The van der Waals surface area contributed by atoms with Gasteiger partial charge < -0.3 is 16.0 Å². The van der Waals surface area contributed by atoms with Gasteiger partial charge in [-0.3, -0.25) is 9.59 Å². The van der Waals surface area contributed by atoms with Crippen molar-refractivity contribution >= 4 is 46.9 Å². The number of imide groups is 1. The maximum absolute atomic E-state index is 12.7. The highest BCUT2D eigenvalue weighted by Crippen LogP contribution is 2.35. The summed E-state index contributed by atoms with van der Waals surface area (Å²) in [5, 5.41) is 9.28. The van der Waals surface area contributed by atoms with Gasteiger partial charge in [-0.25, -0.2) is 14.7 Å². The van der Waals surface area contributed by atoms with Crippen LogP contribution in [-0.4, -0.2) is 52.4 Å². The average Bonchev–Trinajstić information content (AvgIpc) is 3.18. The predicted molar refractivity (Wildman–Crippen MR) is 102 cm³/mol. The Bertz CT molecular complexity index is 767. The number of hydrogen-bond acceptors (Lipinski definition) is 5. The van der Waals surface area contributed by atoms with Gasteiger partial charge in [0, 0.05) is 19.3 Å². The molecule has 4 amide bonds. The van der Waals surface area contributed by atoms with E-state index < -0.39 is 23.5 Å². The van der Waals surface area contributed by atoms with E-state index in [1.54, 1.807) is 13.0 Å². The third kappa shape index (κ3) is 3.96. The minimum atomic E-state index is -0.880. The largest absolute Gasteiger partial charge is 0.367 e. The lowest BCUT2D eigenvalue weighted by atomic mass is 9.97. The Morgan fingerprint density at radius 3 is 2.70 bits per heavy atom. The third-order valence-corrected chi connectivity index (χ3v) is 5.44. The van der Waals surface area contributed by atoms with Crippen molar-refractivity contribution in [2.45, 2.75) is 44.2 Å². The van der Waals surface area contributed by atoms with E-state index in [0.717, 1.165) is 17.7 Å².